The van der Waals surface area contributed by atoms with E-state index in [0.29, 0.717) is 19.6 Å². The molecule has 1 fully saturated rings. The lowest BCUT2D eigenvalue weighted by molar-refractivity contribution is -0.123. The molecule has 2 heterocycles. The van der Waals surface area contributed by atoms with Gasteiger partial charge in [0.15, 0.2) is 11.6 Å². The molecule has 3 rings (SSSR count). The SMILES string of the molecule is COCCC(=O)NC(c1ccccn1)C1CCCN(Cc2ccc(F)c(F)c2)C1. The highest BCUT2D eigenvalue weighted by Crippen LogP contribution is 2.30. The third kappa shape index (κ3) is 6.05. The predicted molar refractivity (Wildman–Crippen MR) is 106 cm³/mol. The van der Waals surface area contributed by atoms with E-state index in [1.807, 2.05) is 18.2 Å². The van der Waals surface area contributed by atoms with Crippen LogP contribution in [0.3, 0.4) is 0 Å². The van der Waals surface area contributed by atoms with Crippen LogP contribution in [-0.2, 0) is 16.1 Å². The second-order valence-electron chi connectivity index (χ2n) is 7.43. The molecule has 1 aliphatic rings. The number of piperidine rings is 1. The van der Waals surface area contributed by atoms with Crippen LogP contribution in [0.5, 0.6) is 0 Å². The normalized spacial score (nSPS) is 18.4. The van der Waals surface area contributed by atoms with Crippen molar-refractivity contribution in [2.24, 2.45) is 5.92 Å². The second kappa shape index (κ2) is 10.4. The highest BCUT2D eigenvalue weighted by molar-refractivity contribution is 5.76. The average Bonchev–Trinajstić information content (AvgIpc) is 2.74. The Kier molecular flexibility index (Phi) is 7.66. The topological polar surface area (TPSA) is 54.5 Å². The third-order valence-corrected chi connectivity index (χ3v) is 5.26. The van der Waals surface area contributed by atoms with E-state index in [0.717, 1.165) is 37.2 Å². The Morgan fingerprint density at radius 2 is 2.17 bits per heavy atom. The second-order valence-corrected chi connectivity index (χ2v) is 7.43. The molecule has 0 spiro atoms. The minimum absolute atomic E-state index is 0.0692. The number of nitrogens with zero attached hydrogens (tertiary/aromatic N) is 2. The number of rotatable bonds is 8. The monoisotopic (exact) mass is 403 g/mol. The highest BCUT2D eigenvalue weighted by atomic mass is 19.2. The predicted octanol–water partition coefficient (Wildman–Crippen LogP) is 3.47. The molecule has 0 bridgehead atoms. The Labute approximate surface area is 170 Å². The zero-order valence-corrected chi connectivity index (χ0v) is 16.6. The van der Waals surface area contributed by atoms with Crippen LogP contribution < -0.4 is 5.32 Å². The smallest absolute Gasteiger partial charge is 0.222 e. The molecular formula is C22H27F2N3O2. The summed E-state index contributed by atoms with van der Waals surface area (Å²) in [6.45, 7) is 2.53. The molecule has 2 aromatic rings. The van der Waals surface area contributed by atoms with Crippen molar-refractivity contribution in [1.82, 2.24) is 15.2 Å². The number of nitrogens with one attached hydrogen (secondary N) is 1. The van der Waals surface area contributed by atoms with Gasteiger partial charge in [0.25, 0.3) is 0 Å². The van der Waals surface area contributed by atoms with Gasteiger partial charge in [0.1, 0.15) is 0 Å². The summed E-state index contributed by atoms with van der Waals surface area (Å²) in [7, 11) is 1.57. The van der Waals surface area contributed by atoms with Crippen LogP contribution in [0.2, 0.25) is 0 Å². The van der Waals surface area contributed by atoms with Crippen molar-refractivity contribution in [1.29, 1.82) is 0 Å². The Bertz CT molecular complexity index is 804. The number of carbonyl (C=O) groups is 1. The minimum atomic E-state index is -0.834. The summed E-state index contributed by atoms with van der Waals surface area (Å²) in [5, 5.41) is 3.12. The number of pyridine rings is 1. The zero-order valence-electron chi connectivity index (χ0n) is 16.6. The van der Waals surface area contributed by atoms with E-state index in [9.17, 15) is 13.6 Å². The molecule has 1 aromatic heterocycles. The Balaban J connectivity index is 1.71. The van der Waals surface area contributed by atoms with Crippen molar-refractivity contribution in [2.75, 3.05) is 26.8 Å². The van der Waals surface area contributed by atoms with Gasteiger partial charge in [-0.15, -0.1) is 0 Å². The van der Waals surface area contributed by atoms with E-state index in [1.165, 1.54) is 12.1 Å². The van der Waals surface area contributed by atoms with Crippen LogP contribution >= 0.6 is 0 Å². The molecule has 29 heavy (non-hydrogen) atoms. The lowest BCUT2D eigenvalue weighted by Gasteiger charge is -2.37. The summed E-state index contributed by atoms with van der Waals surface area (Å²) < 4.78 is 31.7. The molecule has 1 aliphatic heterocycles. The van der Waals surface area contributed by atoms with Crippen molar-refractivity contribution >= 4 is 5.91 Å². The Morgan fingerprint density at radius 3 is 2.90 bits per heavy atom. The number of hydrogen-bond donors (Lipinski definition) is 1. The first-order valence-electron chi connectivity index (χ1n) is 9.92. The van der Waals surface area contributed by atoms with Gasteiger partial charge < -0.3 is 10.1 Å². The van der Waals surface area contributed by atoms with Gasteiger partial charge in [-0.05, 0) is 55.1 Å². The summed E-state index contributed by atoms with van der Waals surface area (Å²) in [5.74, 6) is -1.55. The number of methoxy groups -OCH3 is 1. The van der Waals surface area contributed by atoms with Crippen LogP contribution in [0.25, 0.3) is 0 Å². The summed E-state index contributed by atoms with van der Waals surface area (Å²) in [4.78, 5) is 19.0. The number of halogens is 2. The number of ether oxygens (including phenoxy) is 1. The van der Waals surface area contributed by atoms with Gasteiger partial charge >= 0.3 is 0 Å². The molecule has 156 valence electrons. The quantitative estimate of drug-likeness (QED) is 0.733. The number of carbonyl (C=O) groups excluding carboxylic acids is 1. The van der Waals surface area contributed by atoms with Crippen molar-refractivity contribution in [3.05, 3.63) is 65.5 Å². The lowest BCUT2D eigenvalue weighted by Crippen LogP contribution is -2.43. The summed E-state index contributed by atoms with van der Waals surface area (Å²) in [6.07, 6.45) is 3.95. The van der Waals surface area contributed by atoms with Gasteiger partial charge in [-0.25, -0.2) is 8.78 Å². The molecular weight excluding hydrogens is 376 g/mol. The Hall–Kier alpha value is -2.38. The molecule has 1 amide bonds. The molecule has 0 radical (unpaired) electrons. The van der Waals surface area contributed by atoms with Gasteiger partial charge in [0, 0.05) is 32.8 Å². The number of aromatic nitrogens is 1. The van der Waals surface area contributed by atoms with Crippen LogP contribution in [0, 0.1) is 17.6 Å². The van der Waals surface area contributed by atoms with Crippen LogP contribution in [0.4, 0.5) is 8.78 Å². The molecule has 1 aromatic carbocycles. The summed E-state index contributed by atoms with van der Waals surface area (Å²) >= 11 is 0. The van der Waals surface area contributed by atoms with Gasteiger partial charge in [-0.2, -0.15) is 0 Å². The number of amides is 1. The van der Waals surface area contributed by atoms with E-state index < -0.39 is 11.6 Å². The van der Waals surface area contributed by atoms with E-state index in [-0.39, 0.29) is 17.9 Å². The summed E-state index contributed by atoms with van der Waals surface area (Å²) in [6, 6.07) is 9.52. The van der Waals surface area contributed by atoms with Gasteiger partial charge in [-0.1, -0.05) is 12.1 Å². The Morgan fingerprint density at radius 1 is 1.31 bits per heavy atom. The molecule has 7 heteroatoms. The van der Waals surface area contributed by atoms with Crippen molar-refractivity contribution < 1.29 is 18.3 Å². The number of hydrogen-bond acceptors (Lipinski definition) is 4. The van der Waals surface area contributed by atoms with E-state index in [2.05, 4.69) is 15.2 Å². The first-order valence-corrected chi connectivity index (χ1v) is 9.92. The molecule has 1 saturated heterocycles. The lowest BCUT2D eigenvalue weighted by atomic mass is 9.88. The number of benzene rings is 1. The van der Waals surface area contributed by atoms with Gasteiger partial charge in [0.2, 0.25) is 5.91 Å². The maximum Gasteiger partial charge on any atom is 0.222 e. The van der Waals surface area contributed by atoms with E-state index in [1.54, 1.807) is 19.4 Å². The van der Waals surface area contributed by atoms with Crippen molar-refractivity contribution in [3.8, 4) is 0 Å². The minimum Gasteiger partial charge on any atom is -0.384 e. The molecule has 2 atom stereocenters. The summed E-state index contributed by atoms with van der Waals surface area (Å²) in [5.41, 5.74) is 1.57. The molecule has 2 unspecified atom stereocenters. The largest absolute Gasteiger partial charge is 0.384 e. The molecule has 1 N–H and O–H groups in total. The fourth-order valence-electron chi connectivity index (χ4n) is 3.84. The van der Waals surface area contributed by atoms with Crippen molar-refractivity contribution in [2.45, 2.75) is 31.8 Å². The van der Waals surface area contributed by atoms with Crippen LogP contribution in [-0.4, -0.2) is 42.6 Å². The van der Waals surface area contributed by atoms with E-state index >= 15 is 0 Å². The van der Waals surface area contributed by atoms with Gasteiger partial charge in [0.05, 0.1) is 18.3 Å². The maximum atomic E-state index is 13.5. The standard InChI is InChI=1S/C22H27F2N3O2/c1-29-12-9-21(28)26-22(20-6-2-3-10-25-20)17-5-4-11-27(15-17)14-16-7-8-18(23)19(24)13-16/h2-3,6-8,10,13,17,22H,4-5,9,11-12,14-15H2,1H3,(H,26,28). The average molecular weight is 403 g/mol. The first-order chi connectivity index (χ1) is 14.1. The van der Waals surface area contributed by atoms with Crippen LogP contribution in [0.1, 0.15) is 36.6 Å². The van der Waals surface area contributed by atoms with Crippen molar-refractivity contribution in [3.63, 3.8) is 0 Å². The third-order valence-electron chi connectivity index (χ3n) is 5.26. The maximum absolute atomic E-state index is 13.5. The fourth-order valence-corrected chi connectivity index (χ4v) is 3.84. The van der Waals surface area contributed by atoms with Gasteiger partial charge in [-0.3, -0.25) is 14.7 Å². The molecule has 0 aliphatic carbocycles. The first kappa shape index (κ1) is 21.3. The highest BCUT2D eigenvalue weighted by Gasteiger charge is 2.30. The van der Waals surface area contributed by atoms with E-state index in [4.69, 9.17) is 4.74 Å². The molecule has 0 saturated carbocycles. The zero-order chi connectivity index (χ0) is 20.6. The van der Waals surface area contributed by atoms with Crippen LogP contribution in [0.15, 0.2) is 42.6 Å². The fraction of sp³-hybridized carbons (Fsp3) is 0.455. The molecule has 5 nitrogen and oxygen atoms in total. The number of likely N-dealkylation sites (tertiary alicyclic amines) is 1.